The van der Waals surface area contributed by atoms with Crippen molar-refractivity contribution in [2.75, 3.05) is 10.8 Å². The predicted octanol–water partition coefficient (Wildman–Crippen LogP) is 3.12. The van der Waals surface area contributed by atoms with Crippen LogP contribution in [0, 0.1) is 0 Å². The second kappa shape index (κ2) is 6.07. The number of pyridine rings is 1. The van der Waals surface area contributed by atoms with Crippen LogP contribution in [0.4, 0.5) is 5.69 Å². The highest BCUT2D eigenvalue weighted by Crippen LogP contribution is 2.23. The van der Waals surface area contributed by atoms with Gasteiger partial charge in [0.25, 0.3) is 10.0 Å². The summed E-state index contributed by atoms with van der Waals surface area (Å²) in [7, 11) is -3.69. The molecule has 0 atom stereocenters. The van der Waals surface area contributed by atoms with Gasteiger partial charge in [-0.2, -0.15) is 0 Å². The van der Waals surface area contributed by atoms with Crippen LogP contribution in [0.3, 0.4) is 0 Å². The summed E-state index contributed by atoms with van der Waals surface area (Å²) >= 11 is 5.68. The Morgan fingerprint density at radius 2 is 1.90 bits per heavy atom. The highest BCUT2D eigenvalue weighted by atomic mass is 35.5. The van der Waals surface area contributed by atoms with E-state index in [1.54, 1.807) is 24.3 Å². The lowest BCUT2D eigenvalue weighted by Gasteiger charge is -2.22. The fourth-order valence-electron chi connectivity index (χ4n) is 1.70. The third kappa shape index (κ3) is 3.00. The zero-order chi connectivity index (χ0) is 14.6. The summed E-state index contributed by atoms with van der Waals surface area (Å²) in [6.45, 7) is 3.78. The highest BCUT2D eigenvalue weighted by molar-refractivity contribution is 7.92. The van der Waals surface area contributed by atoms with Crippen molar-refractivity contribution in [3.05, 3.63) is 66.5 Å². The molecule has 1 aromatic carbocycles. The fourth-order valence-corrected chi connectivity index (χ4v) is 3.19. The lowest BCUT2D eigenvalue weighted by Crippen LogP contribution is -2.31. The largest absolute Gasteiger partial charge is 0.266 e. The molecule has 0 aliphatic rings. The minimum absolute atomic E-state index is 0.0904. The van der Waals surface area contributed by atoms with E-state index in [2.05, 4.69) is 11.6 Å². The number of anilines is 1. The van der Waals surface area contributed by atoms with Gasteiger partial charge in [0, 0.05) is 6.20 Å². The lowest BCUT2D eigenvalue weighted by atomic mass is 10.3. The number of nitrogens with zero attached hydrogens (tertiary/aromatic N) is 2. The van der Waals surface area contributed by atoms with E-state index in [4.69, 9.17) is 11.6 Å². The molecule has 0 spiro atoms. The van der Waals surface area contributed by atoms with Crippen LogP contribution in [0.25, 0.3) is 0 Å². The van der Waals surface area contributed by atoms with E-state index in [9.17, 15) is 8.42 Å². The Morgan fingerprint density at radius 1 is 1.20 bits per heavy atom. The number of halogens is 1. The average Bonchev–Trinajstić information content (AvgIpc) is 2.46. The van der Waals surface area contributed by atoms with Crippen molar-refractivity contribution in [2.24, 2.45) is 0 Å². The quantitative estimate of drug-likeness (QED) is 0.630. The third-order valence-corrected chi connectivity index (χ3v) is 4.63. The van der Waals surface area contributed by atoms with Gasteiger partial charge in [-0.05, 0) is 24.3 Å². The van der Waals surface area contributed by atoms with Gasteiger partial charge in [-0.1, -0.05) is 35.9 Å². The van der Waals surface area contributed by atoms with Crippen LogP contribution >= 0.6 is 11.6 Å². The first-order valence-corrected chi connectivity index (χ1v) is 7.68. The number of para-hydroxylation sites is 1. The van der Waals surface area contributed by atoms with Gasteiger partial charge in [-0.3, -0.25) is 4.31 Å². The van der Waals surface area contributed by atoms with E-state index >= 15 is 0 Å². The third-order valence-electron chi connectivity index (χ3n) is 2.63. The van der Waals surface area contributed by atoms with E-state index in [0.29, 0.717) is 5.69 Å². The van der Waals surface area contributed by atoms with Crippen LogP contribution in [-0.2, 0) is 10.0 Å². The second-order valence-corrected chi connectivity index (χ2v) is 6.23. The van der Waals surface area contributed by atoms with Crippen molar-refractivity contribution in [3.63, 3.8) is 0 Å². The maximum atomic E-state index is 12.6. The molecule has 104 valence electrons. The molecule has 2 aromatic rings. The number of hydrogen-bond donors (Lipinski definition) is 0. The number of benzene rings is 1. The van der Waals surface area contributed by atoms with Gasteiger partial charge in [0.1, 0.15) is 10.0 Å². The molecule has 0 aliphatic carbocycles. The molecule has 20 heavy (non-hydrogen) atoms. The standard InChI is InChI=1S/C14H13ClN2O2S/c1-2-10-17(12-6-4-3-5-7-12)20(18,19)13-8-9-14(15)16-11-13/h2-9,11H,1,10H2. The van der Waals surface area contributed by atoms with Crippen LogP contribution in [0.15, 0.2) is 66.2 Å². The van der Waals surface area contributed by atoms with E-state index in [1.165, 1.54) is 28.7 Å². The molecule has 0 aliphatic heterocycles. The van der Waals surface area contributed by atoms with Crippen LogP contribution < -0.4 is 4.31 Å². The number of sulfonamides is 1. The summed E-state index contributed by atoms with van der Waals surface area (Å²) in [5.41, 5.74) is 0.572. The Hall–Kier alpha value is -1.85. The molecular formula is C14H13ClN2O2S. The molecule has 0 unspecified atom stereocenters. The summed E-state index contributed by atoms with van der Waals surface area (Å²) in [5, 5.41) is 0.249. The van der Waals surface area contributed by atoms with Gasteiger partial charge in [0.15, 0.2) is 0 Å². The Balaban J connectivity index is 2.48. The molecule has 0 saturated heterocycles. The van der Waals surface area contributed by atoms with Crippen molar-refractivity contribution < 1.29 is 8.42 Å². The van der Waals surface area contributed by atoms with Crippen molar-refractivity contribution in [3.8, 4) is 0 Å². The number of rotatable bonds is 5. The van der Waals surface area contributed by atoms with Crippen LogP contribution in [-0.4, -0.2) is 19.9 Å². The molecule has 0 radical (unpaired) electrons. The first kappa shape index (κ1) is 14.6. The molecule has 0 amide bonds. The van der Waals surface area contributed by atoms with Crippen molar-refractivity contribution in [2.45, 2.75) is 4.90 Å². The molecular weight excluding hydrogens is 296 g/mol. The molecule has 0 N–H and O–H groups in total. The highest BCUT2D eigenvalue weighted by Gasteiger charge is 2.24. The van der Waals surface area contributed by atoms with E-state index < -0.39 is 10.0 Å². The maximum Gasteiger partial charge on any atom is 0.266 e. The van der Waals surface area contributed by atoms with E-state index in [1.807, 2.05) is 6.07 Å². The molecule has 0 fully saturated rings. The minimum Gasteiger partial charge on any atom is -0.262 e. The van der Waals surface area contributed by atoms with Gasteiger partial charge in [-0.25, -0.2) is 13.4 Å². The smallest absolute Gasteiger partial charge is 0.262 e. The molecule has 1 aromatic heterocycles. The van der Waals surface area contributed by atoms with Crippen LogP contribution in [0.2, 0.25) is 5.15 Å². The molecule has 0 bridgehead atoms. The zero-order valence-corrected chi connectivity index (χ0v) is 12.2. The van der Waals surface area contributed by atoms with Gasteiger partial charge in [-0.15, -0.1) is 6.58 Å². The van der Waals surface area contributed by atoms with E-state index in [-0.39, 0.29) is 16.6 Å². The van der Waals surface area contributed by atoms with Gasteiger partial charge >= 0.3 is 0 Å². The Bertz CT molecular complexity index is 685. The van der Waals surface area contributed by atoms with E-state index in [0.717, 1.165) is 0 Å². The average molecular weight is 309 g/mol. The second-order valence-electron chi connectivity index (χ2n) is 3.98. The molecule has 2 rings (SSSR count). The molecule has 1 heterocycles. The Kier molecular flexibility index (Phi) is 4.42. The first-order chi connectivity index (χ1) is 9.55. The number of aromatic nitrogens is 1. The molecule has 6 heteroatoms. The summed E-state index contributed by atoms with van der Waals surface area (Å²) in [6, 6.07) is 11.7. The molecule has 0 saturated carbocycles. The Labute approximate surface area is 123 Å². The summed E-state index contributed by atoms with van der Waals surface area (Å²) in [5.74, 6) is 0. The normalized spacial score (nSPS) is 11.1. The number of hydrogen-bond acceptors (Lipinski definition) is 3. The minimum atomic E-state index is -3.69. The predicted molar refractivity (Wildman–Crippen MR) is 80.4 cm³/mol. The monoisotopic (exact) mass is 308 g/mol. The summed E-state index contributed by atoms with van der Waals surface area (Å²) in [4.78, 5) is 3.91. The maximum absolute atomic E-state index is 12.6. The van der Waals surface area contributed by atoms with Crippen LogP contribution in [0.5, 0.6) is 0 Å². The topological polar surface area (TPSA) is 50.3 Å². The first-order valence-electron chi connectivity index (χ1n) is 5.86. The van der Waals surface area contributed by atoms with Crippen molar-refractivity contribution >= 4 is 27.3 Å². The van der Waals surface area contributed by atoms with Crippen LogP contribution in [0.1, 0.15) is 0 Å². The summed E-state index contributed by atoms with van der Waals surface area (Å²) in [6.07, 6.45) is 2.78. The fraction of sp³-hybridized carbons (Fsp3) is 0.0714. The van der Waals surface area contributed by atoms with Crippen molar-refractivity contribution in [1.29, 1.82) is 0 Å². The Morgan fingerprint density at radius 3 is 2.45 bits per heavy atom. The molecule has 4 nitrogen and oxygen atoms in total. The SMILES string of the molecule is C=CCN(c1ccccc1)S(=O)(=O)c1ccc(Cl)nc1. The zero-order valence-electron chi connectivity index (χ0n) is 10.6. The lowest BCUT2D eigenvalue weighted by molar-refractivity contribution is 0.592. The van der Waals surface area contributed by atoms with Gasteiger partial charge in [0.2, 0.25) is 0 Å². The van der Waals surface area contributed by atoms with Gasteiger partial charge < -0.3 is 0 Å². The summed E-state index contributed by atoms with van der Waals surface area (Å²) < 4.78 is 26.5. The van der Waals surface area contributed by atoms with Crippen molar-refractivity contribution in [1.82, 2.24) is 4.98 Å². The van der Waals surface area contributed by atoms with Gasteiger partial charge in [0.05, 0.1) is 12.2 Å².